The normalized spacial score (nSPS) is 11.5. The smallest absolute Gasteiger partial charge is 0.276 e. The van der Waals surface area contributed by atoms with Gasteiger partial charge >= 0.3 is 0 Å². The van der Waals surface area contributed by atoms with Crippen molar-refractivity contribution in [2.24, 2.45) is 5.84 Å². The molecule has 1 unspecified atom stereocenters. The van der Waals surface area contributed by atoms with Gasteiger partial charge < -0.3 is 16.1 Å². The zero-order chi connectivity index (χ0) is 13.7. The van der Waals surface area contributed by atoms with Crippen molar-refractivity contribution < 1.29 is 9.72 Å². The first-order valence-electron chi connectivity index (χ1n) is 5.09. The monoisotopic (exact) mass is 254 g/mol. The standard InChI is InChI=1S/C9H14N6O3/c1-5(9(16)11-2)12-7-3-6(15(17)18)4-8(13-7)14-10/h3-5H,10H2,1-2H3,(H,11,16)(H2,12,13,14). The summed E-state index contributed by atoms with van der Waals surface area (Å²) in [7, 11) is 1.49. The second kappa shape index (κ2) is 5.77. The lowest BCUT2D eigenvalue weighted by atomic mass is 10.3. The number of amides is 1. The molecule has 0 radical (unpaired) electrons. The molecule has 0 fully saturated rings. The van der Waals surface area contributed by atoms with Crippen LogP contribution in [0.15, 0.2) is 12.1 Å². The number of pyridine rings is 1. The molecule has 0 aromatic carbocycles. The Hall–Kier alpha value is -2.42. The van der Waals surface area contributed by atoms with Crippen LogP contribution in [0.2, 0.25) is 0 Å². The van der Waals surface area contributed by atoms with Gasteiger partial charge in [-0.1, -0.05) is 0 Å². The molecule has 5 N–H and O–H groups in total. The van der Waals surface area contributed by atoms with Gasteiger partial charge in [-0.3, -0.25) is 14.9 Å². The maximum absolute atomic E-state index is 11.3. The van der Waals surface area contributed by atoms with Crippen LogP contribution in [-0.4, -0.2) is 28.9 Å². The predicted octanol–water partition coefficient (Wildman–Crippen LogP) is -0.178. The van der Waals surface area contributed by atoms with Crippen molar-refractivity contribution >= 4 is 23.2 Å². The van der Waals surface area contributed by atoms with Gasteiger partial charge in [-0.25, -0.2) is 10.8 Å². The van der Waals surface area contributed by atoms with E-state index in [0.29, 0.717) is 0 Å². The van der Waals surface area contributed by atoms with E-state index in [4.69, 9.17) is 5.84 Å². The lowest BCUT2D eigenvalue weighted by Gasteiger charge is -2.13. The minimum Gasteiger partial charge on any atom is -0.358 e. The summed E-state index contributed by atoms with van der Waals surface area (Å²) in [4.78, 5) is 25.4. The van der Waals surface area contributed by atoms with E-state index in [1.165, 1.54) is 19.2 Å². The quantitative estimate of drug-likeness (QED) is 0.325. The number of rotatable bonds is 5. The summed E-state index contributed by atoms with van der Waals surface area (Å²) in [5.74, 6) is 5.23. The number of nitrogens with two attached hydrogens (primary N) is 1. The maximum atomic E-state index is 11.3. The van der Waals surface area contributed by atoms with E-state index in [0.717, 1.165) is 0 Å². The Morgan fingerprint density at radius 2 is 2.11 bits per heavy atom. The summed E-state index contributed by atoms with van der Waals surface area (Å²) < 4.78 is 0. The molecule has 0 spiro atoms. The van der Waals surface area contributed by atoms with Crippen LogP contribution in [0.1, 0.15) is 6.92 Å². The number of carbonyl (C=O) groups is 1. The fraction of sp³-hybridized carbons (Fsp3) is 0.333. The highest BCUT2D eigenvalue weighted by molar-refractivity contribution is 5.83. The number of nitrogen functional groups attached to an aromatic ring is 1. The van der Waals surface area contributed by atoms with Gasteiger partial charge in [0.15, 0.2) is 0 Å². The molecule has 0 saturated heterocycles. The summed E-state index contributed by atoms with van der Waals surface area (Å²) in [6, 6.07) is 1.84. The van der Waals surface area contributed by atoms with Crippen molar-refractivity contribution in [3.63, 3.8) is 0 Å². The first-order valence-corrected chi connectivity index (χ1v) is 5.09. The first-order chi connectivity index (χ1) is 8.47. The van der Waals surface area contributed by atoms with Crippen LogP contribution in [0.4, 0.5) is 17.3 Å². The van der Waals surface area contributed by atoms with Gasteiger partial charge in [0, 0.05) is 7.05 Å². The molecule has 9 nitrogen and oxygen atoms in total. The summed E-state index contributed by atoms with van der Waals surface area (Å²) in [5.41, 5.74) is 2.05. The molecule has 0 bridgehead atoms. The minimum absolute atomic E-state index is 0.135. The molecule has 0 aliphatic carbocycles. The van der Waals surface area contributed by atoms with Crippen LogP contribution in [-0.2, 0) is 4.79 Å². The summed E-state index contributed by atoms with van der Waals surface area (Å²) >= 11 is 0. The number of hydrogen-bond donors (Lipinski definition) is 4. The Balaban J connectivity index is 2.98. The largest absolute Gasteiger partial charge is 0.358 e. The Morgan fingerprint density at radius 1 is 1.50 bits per heavy atom. The number of nitrogens with one attached hydrogen (secondary N) is 3. The third-order valence-electron chi connectivity index (χ3n) is 2.17. The van der Waals surface area contributed by atoms with Gasteiger partial charge in [0.25, 0.3) is 5.69 Å². The van der Waals surface area contributed by atoms with Gasteiger partial charge in [0.1, 0.15) is 17.7 Å². The molecule has 1 rings (SSSR count). The number of carbonyl (C=O) groups excluding carboxylic acids is 1. The molecule has 0 aliphatic rings. The highest BCUT2D eigenvalue weighted by atomic mass is 16.6. The molecule has 18 heavy (non-hydrogen) atoms. The number of nitrogens with zero attached hydrogens (tertiary/aromatic N) is 2. The van der Waals surface area contributed by atoms with E-state index in [1.807, 2.05) is 0 Å². The van der Waals surface area contributed by atoms with Crippen LogP contribution in [0.5, 0.6) is 0 Å². The second-order valence-corrected chi connectivity index (χ2v) is 3.48. The van der Waals surface area contributed by atoms with Gasteiger partial charge in [-0.05, 0) is 6.92 Å². The van der Waals surface area contributed by atoms with Crippen LogP contribution in [0.25, 0.3) is 0 Å². The third-order valence-corrected chi connectivity index (χ3v) is 2.17. The minimum atomic E-state index is -0.574. The van der Waals surface area contributed by atoms with Crippen LogP contribution >= 0.6 is 0 Å². The fourth-order valence-corrected chi connectivity index (χ4v) is 1.27. The van der Waals surface area contributed by atoms with Gasteiger partial charge in [0.2, 0.25) is 5.91 Å². The van der Waals surface area contributed by atoms with Crippen LogP contribution in [0.3, 0.4) is 0 Å². The van der Waals surface area contributed by atoms with Crippen molar-refractivity contribution in [2.45, 2.75) is 13.0 Å². The number of hydrogen-bond acceptors (Lipinski definition) is 7. The molecule has 1 atom stereocenters. The van der Waals surface area contributed by atoms with E-state index in [9.17, 15) is 14.9 Å². The lowest BCUT2D eigenvalue weighted by molar-refractivity contribution is -0.384. The average Bonchev–Trinajstić information content (AvgIpc) is 2.36. The lowest BCUT2D eigenvalue weighted by Crippen LogP contribution is -2.35. The fourth-order valence-electron chi connectivity index (χ4n) is 1.27. The Kier molecular flexibility index (Phi) is 4.38. The number of aromatic nitrogens is 1. The molecule has 1 amide bonds. The highest BCUT2D eigenvalue weighted by Gasteiger charge is 2.15. The molecule has 0 saturated carbocycles. The molecule has 1 heterocycles. The topological polar surface area (TPSA) is 135 Å². The molecular formula is C9H14N6O3. The van der Waals surface area contributed by atoms with Gasteiger partial charge in [-0.15, -0.1) is 0 Å². The van der Waals surface area contributed by atoms with E-state index < -0.39 is 11.0 Å². The van der Waals surface area contributed by atoms with Crippen molar-refractivity contribution in [2.75, 3.05) is 17.8 Å². The average molecular weight is 254 g/mol. The van der Waals surface area contributed by atoms with E-state index in [1.54, 1.807) is 6.92 Å². The zero-order valence-electron chi connectivity index (χ0n) is 9.93. The number of anilines is 2. The van der Waals surface area contributed by atoms with Crippen molar-refractivity contribution in [1.82, 2.24) is 10.3 Å². The second-order valence-electron chi connectivity index (χ2n) is 3.48. The van der Waals surface area contributed by atoms with E-state index >= 15 is 0 Å². The Labute approximate surface area is 103 Å². The summed E-state index contributed by atoms with van der Waals surface area (Å²) in [6.45, 7) is 1.61. The SMILES string of the molecule is CNC(=O)C(C)Nc1cc([N+](=O)[O-])cc(NN)n1. The molecule has 9 heteroatoms. The van der Waals surface area contributed by atoms with Gasteiger partial charge in [0.05, 0.1) is 17.1 Å². The summed E-state index contributed by atoms with van der Waals surface area (Å²) in [5, 5.41) is 15.9. The molecule has 1 aromatic rings. The van der Waals surface area contributed by atoms with Crippen molar-refractivity contribution in [3.8, 4) is 0 Å². The van der Waals surface area contributed by atoms with Crippen LogP contribution in [0, 0.1) is 10.1 Å². The number of nitro groups is 1. The van der Waals surface area contributed by atoms with E-state index in [-0.39, 0.29) is 23.2 Å². The maximum Gasteiger partial charge on any atom is 0.276 e. The van der Waals surface area contributed by atoms with Gasteiger partial charge in [-0.2, -0.15) is 0 Å². The molecule has 98 valence electrons. The van der Waals surface area contributed by atoms with E-state index in [2.05, 4.69) is 21.0 Å². The predicted molar refractivity (Wildman–Crippen MR) is 65.9 cm³/mol. The Morgan fingerprint density at radius 3 is 2.61 bits per heavy atom. The number of hydrazine groups is 1. The van der Waals surface area contributed by atoms with Crippen LogP contribution < -0.4 is 21.9 Å². The Bertz CT molecular complexity index is 464. The molecule has 1 aromatic heterocycles. The molecule has 0 aliphatic heterocycles. The van der Waals surface area contributed by atoms with Crippen molar-refractivity contribution in [1.29, 1.82) is 0 Å². The zero-order valence-corrected chi connectivity index (χ0v) is 9.93. The number of likely N-dealkylation sites (N-methyl/N-ethyl adjacent to an activating group) is 1. The third kappa shape index (κ3) is 3.28. The highest BCUT2D eigenvalue weighted by Crippen LogP contribution is 2.20. The summed E-state index contributed by atoms with van der Waals surface area (Å²) in [6.07, 6.45) is 0. The molecular weight excluding hydrogens is 240 g/mol. The first kappa shape index (κ1) is 13.6. The van der Waals surface area contributed by atoms with Crippen molar-refractivity contribution in [3.05, 3.63) is 22.2 Å².